The number of ether oxygens (including phenoxy) is 1. The second kappa shape index (κ2) is 14.9. The normalized spacial score (nSPS) is 18.9. The highest BCUT2D eigenvalue weighted by molar-refractivity contribution is 6.01. The van der Waals surface area contributed by atoms with Crippen molar-refractivity contribution in [3.63, 3.8) is 0 Å². The summed E-state index contributed by atoms with van der Waals surface area (Å²) in [5.74, 6) is -1.14. The molecule has 1 aliphatic heterocycles. The van der Waals surface area contributed by atoms with E-state index in [0.29, 0.717) is 31.8 Å². The van der Waals surface area contributed by atoms with Gasteiger partial charge < -0.3 is 25.6 Å². The summed E-state index contributed by atoms with van der Waals surface area (Å²) in [5.41, 5.74) is 1.16. The van der Waals surface area contributed by atoms with Gasteiger partial charge in [0.2, 0.25) is 17.7 Å². The van der Waals surface area contributed by atoms with Gasteiger partial charge in [0.25, 0.3) is 5.91 Å². The predicted molar refractivity (Wildman–Crippen MR) is 149 cm³/mol. The average molecular weight is 537 g/mol. The number of nitrogens with one attached hydrogen (secondary N) is 3. The zero-order chi connectivity index (χ0) is 28.2. The number of unbranched alkanes of at least 4 members (excludes halogenated alkanes) is 1. The number of amides is 4. The summed E-state index contributed by atoms with van der Waals surface area (Å²) in [5, 5.41) is 8.36. The van der Waals surface area contributed by atoms with Gasteiger partial charge in [0, 0.05) is 19.5 Å². The minimum Gasteiger partial charge on any atom is -0.491 e. The van der Waals surface area contributed by atoms with Crippen LogP contribution in [0.1, 0.15) is 56.0 Å². The van der Waals surface area contributed by atoms with Crippen LogP contribution in [-0.2, 0) is 20.8 Å². The predicted octanol–water partition coefficient (Wildman–Crippen LogP) is 2.70. The number of para-hydroxylation sites is 1. The van der Waals surface area contributed by atoms with Gasteiger partial charge in [0.05, 0.1) is 18.5 Å². The lowest BCUT2D eigenvalue weighted by Gasteiger charge is -2.29. The number of carbonyl (C=O) groups is 4. The molecule has 0 bridgehead atoms. The van der Waals surface area contributed by atoms with Gasteiger partial charge in [-0.25, -0.2) is 0 Å². The molecule has 0 spiro atoms. The molecule has 4 amide bonds. The second-order valence-corrected chi connectivity index (χ2v) is 10.2. The summed E-state index contributed by atoms with van der Waals surface area (Å²) in [6, 6.07) is 14.3. The molecule has 0 saturated heterocycles. The Bertz CT molecular complexity index is 1120. The first kappa shape index (κ1) is 29.7. The van der Waals surface area contributed by atoms with Crippen molar-refractivity contribution in [2.75, 3.05) is 26.2 Å². The molecule has 0 unspecified atom stereocenters. The summed E-state index contributed by atoms with van der Waals surface area (Å²) in [4.78, 5) is 55.0. The van der Waals surface area contributed by atoms with E-state index in [9.17, 15) is 19.2 Å². The Labute approximate surface area is 230 Å². The molecule has 0 fully saturated rings. The zero-order valence-corrected chi connectivity index (χ0v) is 23.1. The third-order valence-electron chi connectivity index (χ3n) is 6.46. The molecule has 2 aromatic rings. The van der Waals surface area contributed by atoms with Gasteiger partial charge in [-0.2, -0.15) is 0 Å². The molecular formula is C30H40N4O5. The van der Waals surface area contributed by atoms with Crippen LogP contribution >= 0.6 is 0 Å². The van der Waals surface area contributed by atoms with Gasteiger partial charge in [0.15, 0.2) is 0 Å². The molecular weight excluding hydrogens is 496 g/mol. The van der Waals surface area contributed by atoms with Crippen molar-refractivity contribution in [1.29, 1.82) is 0 Å². The molecule has 2 aromatic carbocycles. The molecule has 9 nitrogen and oxygen atoms in total. The maximum Gasteiger partial charge on any atom is 0.255 e. The van der Waals surface area contributed by atoms with Gasteiger partial charge in [-0.3, -0.25) is 19.2 Å². The van der Waals surface area contributed by atoms with Crippen LogP contribution in [0, 0.1) is 5.92 Å². The molecule has 210 valence electrons. The van der Waals surface area contributed by atoms with E-state index in [2.05, 4.69) is 16.0 Å². The fourth-order valence-corrected chi connectivity index (χ4v) is 4.31. The number of benzene rings is 2. The third kappa shape index (κ3) is 9.12. The molecule has 3 N–H and O–H groups in total. The molecule has 0 radical (unpaired) electrons. The van der Waals surface area contributed by atoms with Crippen molar-refractivity contribution in [2.45, 2.75) is 58.5 Å². The molecule has 2 atom stereocenters. The minimum absolute atomic E-state index is 0.171. The van der Waals surface area contributed by atoms with Crippen LogP contribution in [-0.4, -0.2) is 66.9 Å². The van der Waals surface area contributed by atoms with Crippen molar-refractivity contribution < 1.29 is 23.9 Å². The van der Waals surface area contributed by atoms with Crippen LogP contribution in [0.2, 0.25) is 0 Å². The van der Waals surface area contributed by atoms with Gasteiger partial charge in [-0.1, -0.05) is 69.7 Å². The molecule has 0 saturated carbocycles. The monoisotopic (exact) mass is 536 g/mol. The topological polar surface area (TPSA) is 117 Å². The first-order chi connectivity index (χ1) is 18.8. The lowest BCUT2D eigenvalue weighted by atomic mass is 10.0. The van der Waals surface area contributed by atoms with Gasteiger partial charge >= 0.3 is 0 Å². The van der Waals surface area contributed by atoms with E-state index in [-0.39, 0.29) is 30.4 Å². The van der Waals surface area contributed by atoms with E-state index < -0.39 is 29.8 Å². The van der Waals surface area contributed by atoms with Crippen molar-refractivity contribution in [1.82, 2.24) is 20.9 Å². The number of rotatable bonds is 8. The molecule has 1 aliphatic rings. The number of hydrogen-bond donors (Lipinski definition) is 3. The lowest BCUT2D eigenvalue weighted by molar-refractivity contribution is -0.137. The Hall–Kier alpha value is -3.88. The van der Waals surface area contributed by atoms with Crippen LogP contribution in [0.3, 0.4) is 0 Å². The third-order valence-corrected chi connectivity index (χ3v) is 6.46. The Morgan fingerprint density at radius 2 is 1.77 bits per heavy atom. The van der Waals surface area contributed by atoms with E-state index in [0.717, 1.165) is 18.4 Å². The van der Waals surface area contributed by atoms with Crippen LogP contribution in [0.5, 0.6) is 5.75 Å². The maximum atomic E-state index is 13.8. The van der Waals surface area contributed by atoms with E-state index in [4.69, 9.17) is 4.74 Å². The number of fused-ring (bicyclic) bond motifs is 1. The fourth-order valence-electron chi connectivity index (χ4n) is 4.31. The molecule has 3 rings (SSSR count). The Morgan fingerprint density at radius 3 is 2.49 bits per heavy atom. The highest BCUT2D eigenvalue weighted by Crippen LogP contribution is 2.19. The SMILES string of the molecule is CCCCN1CCOc2ccccc2C(=O)N[C@H](C(=O)NCC(C)C)CC(=O)N[C@@H](Cc2ccccc2)C1=O. The van der Waals surface area contributed by atoms with Crippen molar-refractivity contribution in [3.05, 3.63) is 65.7 Å². The average Bonchev–Trinajstić information content (AvgIpc) is 2.92. The number of nitrogens with zero attached hydrogens (tertiary/aromatic N) is 1. The summed E-state index contributed by atoms with van der Waals surface area (Å²) in [6.45, 7) is 7.34. The summed E-state index contributed by atoms with van der Waals surface area (Å²) in [7, 11) is 0. The Morgan fingerprint density at radius 1 is 1.05 bits per heavy atom. The summed E-state index contributed by atoms with van der Waals surface area (Å²) < 4.78 is 5.97. The smallest absolute Gasteiger partial charge is 0.255 e. The zero-order valence-electron chi connectivity index (χ0n) is 23.1. The first-order valence-corrected chi connectivity index (χ1v) is 13.7. The van der Waals surface area contributed by atoms with Crippen molar-refractivity contribution in [3.8, 4) is 5.75 Å². The van der Waals surface area contributed by atoms with Crippen LogP contribution in [0.25, 0.3) is 0 Å². The standard InChI is InChI=1S/C30H40N4O5/c1-4-5-15-34-16-17-39-26-14-10-9-13-23(26)28(36)33-24(29(37)31-20-21(2)3)19-27(35)32-25(30(34)38)18-22-11-7-6-8-12-22/h6-14,21,24-25H,4-5,15-20H2,1-3H3,(H,31,37)(H,32,35)(H,33,36)/t24-,25-/m0/s1. The molecule has 1 heterocycles. The molecule has 9 heteroatoms. The Balaban J connectivity index is 1.95. The second-order valence-electron chi connectivity index (χ2n) is 10.2. The van der Waals surface area contributed by atoms with Crippen molar-refractivity contribution >= 4 is 23.6 Å². The highest BCUT2D eigenvalue weighted by Gasteiger charge is 2.30. The summed E-state index contributed by atoms with van der Waals surface area (Å²) in [6.07, 6.45) is 1.69. The van der Waals surface area contributed by atoms with E-state index in [1.165, 1.54) is 0 Å². The molecule has 39 heavy (non-hydrogen) atoms. The number of hydrogen-bond acceptors (Lipinski definition) is 5. The number of carbonyl (C=O) groups excluding carboxylic acids is 4. The largest absolute Gasteiger partial charge is 0.491 e. The van der Waals surface area contributed by atoms with Gasteiger partial charge in [0.1, 0.15) is 24.4 Å². The van der Waals surface area contributed by atoms with Gasteiger partial charge in [-0.05, 0) is 30.0 Å². The van der Waals surface area contributed by atoms with E-state index in [1.807, 2.05) is 51.1 Å². The van der Waals surface area contributed by atoms with E-state index in [1.54, 1.807) is 29.2 Å². The molecule has 0 aliphatic carbocycles. The van der Waals surface area contributed by atoms with Crippen LogP contribution in [0.15, 0.2) is 54.6 Å². The van der Waals surface area contributed by atoms with Crippen molar-refractivity contribution in [2.24, 2.45) is 5.92 Å². The summed E-state index contributed by atoms with van der Waals surface area (Å²) >= 11 is 0. The lowest BCUT2D eigenvalue weighted by Crippen LogP contribution is -2.54. The first-order valence-electron chi connectivity index (χ1n) is 13.7. The Kier molecular flexibility index (Phi) is 11.3. The van der Waals surface area contributed by atoms with E-state index >= 15 is 0 Å². The van der Waals surface area contributed by atoms with Crippen LogP contribution < -0.4 is 20.7 Å². The minimum atomic E-state index is -1.13. The highest BCUT2D eigenvalue weighted by atomic mass is 16.5. The fraction of sp³-hybridized carbons (Fsp3) is 0.467. The maximum absolute atomic E-state index is 13.8. The molecule has 0 aromatic heterocycles. The quantitative estimate of drug-likeness (QED) is 0.480. The van der Waals surface area contributed by atoms with Crippen LogP contribution in [0.4, 0.5) is 0 Å². The van der Waals surface area contributed by atoms with Gasteiger partial charge in [-0.15, -0.1) is 0 Å².